The van der Waals surface area contributed by atoms with Crippen molar-refractivity contribution in [1.29, 1.82) is 0 Å². The zero-order chi connectivity index (χ0) is 23.1. The molecule has 3 rings (SSSR count). The van der Waals surface area contributed by atoms with Gasteiger partial charge in [-0.2, -0.15) is 0 Å². The molecule has 1 aliphatic heterocycles. The van der Waals surface area contributed by atoms with Gasteiger partial charge in [-0.1, -0.05) is 51.1 Å². The van der Waals surface area contributed by atoms with Crippen LogP contribution in [0, 0.1) is 0 Å². The van der Waals surface area contributed by atoms with E-state index in [4.69, 9.17) is 0 Å². The second-order valence-electron chi connectivity index (χ2n) is 9.13. The first-order chi connectivity index (χ1) is 15.2. The van der Waals surface area contributed by atoms with Crippen molar-refractivity contribution in [3.8, 4) is 0 Å². The van der Waals surface area contributed by atoms with E-state index in [1.165, 1.54) is 0 Å². The summed E-state index contributed by atoms with van der Waals surface area (Å²) in [4.78, 5) is 38.7. The predicted molar refractivity (Wildman–Crippen MR) is 126 cm³/mol. The molecule has 4 amide bonds. The molecule has 3 N–H and O–H groups in total. The van der Waals surface area contributed by atoms with Crippen LogP contribution in [0.25, 0.3) is 0 Å². The summed E-state index contributed by atoms with van der Waals surface area (Å²) in [6.45, 7) is 7.42. The molecule has 0 unspecified atom stereocenters. The fourth-order valence-electron chi connectivity index (χ4n) is 3.64. The summed E-state index contributed by atoms with van der Waals surface area (Å²) in [5, 5.41) is 8.48. The molecule has 2 aromatic carbocycles. The van der Waals surface area contributed by atoms with Gasteiger partial charge < -0.3 is 20.9 Å². The van der Waals surface area contributed by atoms with Gasteiger partial charge in [0.25, 0.3) is 5.91 Å². The monoisotopic (exact) mass is 436 g/mol. The molecule has 7 nitrogen and oxygen atoms in total. The SMILES string of the molecule is CC(C)(C)c1ccc(C(=O)NCC(=O)N2CCC(NC(=O)Nc3ccccc3)CC2)cc1. The van der Waals surface area contributed by atoms with Crippen molar-refractivity contribution in [2.75, 3.05) is 25.0 Å². The molecule has 1 heterocycles. The van der Waals surface area contributed by atoms with E-state index in [2.05, 4.69) is 36.7 Å². The van der Waals surface area contributed by atoms with E-state index >= 15 is 0 Å². The highest BCUT2D eigenvalue weighted by Crippen LogP contribution is 2.22. The van der Waals surface area contributed by atoms with E-state index in [9.17, 15) is 14.4 Å². The van der Waals surface area contributed by atoms with Gasteiger partial charge in [-0.05, 0) is 48.1 Å². The lowest BCUT2D eigenvalue weighted by atomic mass is 9.87. The van der Waals surface area contributed by atoms with Crippen LogP contribution in [0.1, 0.15) is 49.5 Å². The Morgan fingerprint density at radius 3 is 2.16 bits per heavy atom. The third-order valence-corrected chi connectivity index (χ3v) is 5.63. The number of anilines is 1. The molecule has 0 aromatic heterocycles. The number of amides is 4. The zero-order valence-corrected chi connectivity index (χ0v) is 19.0. The predicted octanol–water partition coefficient (Wildman–Crippen LogP) is 3.53. The Labute approximate surface area is 189 Å². The Hall–Kier alpha value is -3.35. The van der Waals surface area contributed by atoms with Crippen molar-refractivity contribution in [2.45, 2.75) is 45.1 Å². The maximum absolute atomic E-state index is 12.5. The molecule has 0 spiro atoms. The van der Waals surface area contributed by atoms with Crippen molar-refractivity contribution in [3.05, 3.63) is 65.7 Å². The number of piperidine rings is 1. The minimum Gasteiger partial charge on any atom is -0.343 e. The van der Waals surface area contributed by atoms with Crippen LogP contribution in [0.15, 0.2) is 54.6 Å². The average molecular weight is 437 g/mol. The Kier molecular flexibility index (Phi) is 7.51. The van der Waals surface area contributed by atoms with Gasteiger partial charge in [-0.15, -0.1) is 0 Å². The second kappa shape index (κ2) is 10.3. The quantitative estimate of drug-likeness (QED) is 0.670. The summed E-state index contributed by atoms with van der Waals surface area (Å²) in [7, 11) is 0. The molecule has 0 radical (unpaired) electrons. The Bertz CT molecular complexity index is 928. The Balaban J connectivity index is 1.39. The van der Waals surface area contributed by atoms with Crippen LogP contribution in [0.5, 0.6) is 0 Å². The largest absolute Gasteiger partial charge is 0.343 e. The fraction of sp³-hybridized carbons (Fsp3) is 0.400. The standard InChI is InChI=1S/C25H32N4O3/c1-25(2,3)19-11-9-18(10-12-19)23(31)26-17-22(30)29-15-13-21(14-16-29)28-24(32)27-20-7-5-4-6-8-20/h4-12,21H,13-17H2,1-3H3,(H,26,31)(H2,27,28,32). The van der Waals surface area contributed by atoms with E-state index in [1.54, 1.807) is 17.0 Å². The number of para-hydroxylation sites is 1. The molecular weight excluding hydrogens is 404 g/mol. The highest BCUT2D eigenvalue weighted by molar-refractivity contribution is 5.96. The topological polar surface area (TPSA) is 90.5 Å². The lowest BCUT2D eigenvalue weighted by Crippen LogP contribution is -2.49. The molecule has 0 saturated carbocycles. The second-order valence-corrected chi connectivity index (χ2v) is 9.13. The lowest BCUT2D eigenvalue weighted by molar-refractivity contribution is -0.131. The van der Waals surface area contributed by atoms with Crippen molar-refractivity contribution in [2.24, 2.45) is 0 Å². The number of urea groups is 1. The van der Waals surface area contributed by atoms with Gasteiger partial charge in [0.15, 0.2) is 0 Å². The third kappa shape index (κ3) is 6.57. The zero-order valence-electron chi connectivity index (χ0n) is 19.0. The van der Waals surface area contributed by atoms with E-state index in [0.717, 1.165) is 11.3 Å². The molecule has 32 heavy (non-hydrogen) atoms. The van der Waals surface area contributed by atoms with Crippen molar-refractivity contribution >= 4 is 23.5 Å². The number of nitrogens with one attached hydrogen (secondary N) is 3. The van der Waals surface area contributed by atoms with Gasteiger partial charge in [-0.3, -0.25) is 9.59 Å². The molecule has 1 aliphatic rings. The van der Waals surface area contributed by atoms with Gasteiger partial charge in [-0.25, -0.2) is 4.79 Å². The number of hydrogen-bond donors (Lipinski definition) is 3. The highest BCUT2D eigenvalue weighted by Gasteiger charge is 2.24. The number of rotatable bonds is 5. The minimum atomic E-state index is -0.257. The van der Waals surface area contributed by atoms with Crippen LogP contribution >= 0.6 is 0 Å². The van der Waals surface area contributed by atoms with Crippen molar-refractivity contribution < 1.29 is 14.4 Å². The molecule has 1 fully saturated rings. The smallest absolute Gasteiger partial charge is 0.319 e. The molecule has 0 atom stereocenters. The molecular formula is C25H32N4O3. The first kappa shape index (κ1) is 23.3. The van der Waals surface area contributed by atoms with Gasteiger partial charge in [0, 0.05) is 30.4 Å². The first-order valence-electron chi connectivity index (χ1n) is 11.0. The Morgan fingerprint density at radius 2 is 1.56 bits per heavy atom. The van der Waals surface area contributed by atoms with Crippen LogP contribution in [-0.2, 0) is 10.2 Å². The molecule has 0 bridgehead atoms. The van der Waals surface area contributed by atoms with E-state index in [0.29, 0.717) is 31.5 Å². The number of hydrogen-bond acceptors (Lipinski definition) is 3. The normalized spacial score (nSPS) is 14.5. The average Bonchev–Trinajstić information content (AvgIpc) is 2.78. The van der Waals surface area contributed by atoms with E-state index in [-0.39, 0.29) is 35.8 Å². The minimum absolute atomic E-state index is 0.0127. The van der Waals surface area contributed by atoms with Crippen LogP contribution in [0.2, 0.25) is 0 Å². The maximum atomic E-state index is 12.5. The van der Waals surface area contributed by atoms with Gasteiger partial charge in [0.05, 0.1) is 6.54 Å². The van der Waals surface area contributed by atoms with Crippen molar-refractivity contribution in [3.63, 3.8) is 0 Å². The summed E-state index contributed by atoms with van der Waals surface area (Å²) in [6.07, 6.45) is 1.35. The third-order valence-electron chi connectivity index (χ3n) is 5.63. The molecule has 170 valence electrons. The summed E-state index contributed by atoms with van der Waals surface area (Å²) in [6, 6.07) is 16.5. The Morgan fingerprint density at radius 1 is 0.938 bits per heavy atom. The summed E-state index contributed by atoms with van der Waals surface area (Å²) in [5.74, 6) is -0.371. The summed E-state index contributed by atoms with van der Waals surface area (Å²) < 4.78 is 0. The van der Waals surface area contributed by atoms with E-state index in [1.807, 2.05) is 42.5 Å². The van der Waals surface area contributed by atoms with Gasteiger partial charge in [0.1, 0.15) is 0 Å². The van der Waals surface area contributed by atoms with Crippen LogP contribution in [0.4, 0.5) is 10.5 Å². The summed E-state index contributed by atoms with van der Waals surface area (Å²) in [5.41, 5.74) is 2.45. The fourth-order valence-corrected chi connectivity index (χ4v) is 3.64. The number of nitrogens with zero attached hydrogens (tertiary/aromatic N) is 1. The van der Waals surface area contributed by atoms with Crippen molar-refractivity contribution in [1.82, 2.24) is 15.5 Å². The van der Waals surface area contributed by atoms with Gasteiger partial charge in [0.2, 0.25) is 5.91 Å². The number of carbonyl (C=O) groups excluding carboxylic acids is 3. The number of carbonyl (C=O) groups is 3. The lowest BCUT2D eigenvalue weighted by Gasteiger charge is -2.32. The molecule has 1 saturated heterocycles. The van der Waals surface area contributed by atoms with Crippen LogP contribution in [-0.4, -0.2) is 48.4 Å². The first-order valence-corrected chi connectivity index (χ1v) is 11.0. The van der Waals surface area contributed by atoms with Gasteiger partial charge >= 0.3 is 6.03 Å². The van der Waals surface area contributed by atoms with Crippen LogP contribution < -0.4 is 16.0 Å². The maximum Gasteiger partial charge on any atom is 0.319 e. The molecule has 2 aromatic rings. The van der Waals surface area contributed by atoms with Crippen LogP contribution in [0.3, 0.4) is 0 Å². The molecule has 0 aliphatic carbocycles. The molecule has 7 heteroatoms. The highest BCUT2D eigenvalue weighted by atomic mass is 16.2. The number of benzene rings is 2. The summed E-state index contributed by atoms with van der Waals surface area (Å²) >= 11 is 0. The van der Waals surface area contributed by atoms with E-state index < -0.39 is 0 Å². The number of likely N-dealkylation sites (tertiary alicyclic amines) is 1.